The van der Waals surface area contributed by atoms with Crippen LogP contribution in [0.3, 0.4) is 0 Å². The number of ether oxygens (including phenoxy) is 2. The molecule has 2 heterocycles. The molecule has 0 unspecified atom stereocenters. The Morgan fingerprint density at radius 3 is 2.88 bits per heavy atom. The lowest BCUT2D eigenvalue weighted by Gasteiger charge is -2.27. The number of aromatic nitrogens is 1. The largest absolute Gasteiger partial charge is 0.507 e. The Balaban J connectivity index is 1.82. The Morgan fingerprint density at radius 1 is 1.38 bits per heavy atom. The lowest BCUT2D eigenvalue weighted by atomic mass is 10.0. The van der Waals surface area contributed by atoms with E-state index in [0.29, 0.717) is 25.5 Å². The Bertz CT molecular complexity index is 784. The average molecular weight is 354 g/mol. The van der Waals surface area contributed by atoms with Gasteiger partial charge in [0.2, 0.25) is 0 Å². The number of allylic oxidation sites excluding steroid dienone is 1. The third-order valence-electron chi connectivity index (χ3n) is 4.27. The van der Waals surface area contributed by atoms with E-state index in [4.69, 9.17) is 9.47 Å². The van der Waals surface area contributed by atoms with E-state index in [1.54, 1.807) is 37.7 Å². The van der Waals surface area contributed by atoms with Gasteiger partial charge in [0.15, 0.2) is 5.78 Å². The van der Waals surface area contributed by atoms with E-state index in [-0.39, 0.29) is 17.1 Å². The fourth-order valence-corrected chi connectivity index (χ4v) is 2.86. The van der Waals surface area contributed by atoms with Crippen molar-refractivity contribution in [2.45, 2.75) is 6.54 Å². The first kappa shape index (κ1) is 18.1. The molecule has 1 fully saturated rings. The number of ketones is 1. The zero-order chi connectivity index (χ0) is 18.4. The predicted molar refractivity (Wildman–Crippen MR) is 98.4 cm³/mol. The summed E-state index contributed by atoms with van der Waals surface area (Å²) in [5, 5.41) is 10.2. The number of nitrogens with zero attached hydrogens (tertiary/aromatic N) is 2. The van der Waals surface area contributed by atoms with Crippen LogP contribution in [0.5, 0.6) is 11.5 Å². The molecule has 26 heavy (non-hydrogen) atoms. The minimum absolute atomic E-state index is 0.0894. The highest BCUT2D eigenvalue weighted by Gasteiger charge is 2.18. The molecule has 0 spiro atoms. The van der Waals surface area contributed by atoms with Gasteiger partial charge in [0.25, 0.3) is 0 Å². The number of benzene rings is 1. The van der Waals surface area contributed by atoms with E-state index in [1.165, 1.54) is 12.1 Å². The fraction of sp³-hybridized carbons (Fsp3) is 0.300. The first-order valence-electron chi connectivity index (χ1n) is 8.50. The molecular weight excluding hydrogens is 332 g/mol. The van der Waals surface area contributed by atoms with Crippen LogP contribution >= 0.6 is 0 Å². The van der Waals surface area contributed by atoms with Crippen molar-refractivity contribution in [1.29, 1.82) is 0 Å². The van der Waals surface area contributed by atoms with Gasteiger partial charge >= 0.3 is 0 Å². The normalized spacial score (nSPS) is 15.3. The number of hydrogen-bond donors (Lipinski definition) is 1. The van der Waals surface area contributed by atoms with Crippen molar-refractivity contribution in [3.8, 4) is 11.5 Å². The molecule has 1 saturated heterocycles. The molecule has 0 atom stereocenters. The van der Waals surface area contributed by atoms with Crippen molar-refractivity contribution in [3.05, 3.63) is 59.4 Å². The van der Waals surface area contributed by atoms with E-state index >= 15 is 0 Å². The Morgan fingerprint density at radius 2 is 2.19 bits per heavy atom. The quantitative estimate of drug-likeness (QED) is 0.635. The third-order valence-corrected chi connectivity index (χ3v) is 4.27. The Kier molecular flexibility index (Phi) is 5.99. The highest BCUT2D eigenvalue weighted by Crippen LogP contribution is 2.30. The maximum absolute atomic E-state index is 12.5. The number of pyridine rings is 1. The molecular formula is C20H22N2O4. The van der Waals surface area contributed by atoms with Gasteiger partial charge in [-0.3, -0.25) is 14.7 Å². The molecule has 1 N–H and O–H groups in total. The predicted octanol–water partition coefficient (Wildman–Crippen LogP) is 2.52. The SMILES string of the molecule is COc1cc(O)c(C(=O)/C=C/c2cccnc2)cc1CN1CCOCC1. The van der Waals surface area contributed by atoms with Crippen LogP contribution < -0.4 is 4.74 Å². The van der Waals surface area contributed by atoms with Crippen molar-refractivity contribution >= 4 is 11.9 Å². The molecule has 0 saturated carbocycles. The third kappa shape index (κ3) is 4.47. The van der Waals surface area contributed by atoms with Crippen LogP contribution in [0.2, 0.25) is 0 Å². The first-order chi connectivity index (χ1) is 12.7. The van der Waals surface area contributed by atoms with Crippen LogP contribution in [0.4, 0.5) is 0 Å². The second kappa shape index (κ2) is 8.60. The summed E-state index contributed by atoms with van der Waals surface area (Å²) in [7, 11) is 1.56. The standard InChI is InChI=1S/C20H22N2O4/c1-25-20-12-19(24)17(11-16(20)14-22-7-9-26-10-8-22)18(23)5-4-15-3-2-6-21-13-15/h2-6,11-13,24H,7-10,14H2,1H3/b5-4+. The second-order valence-electron chi connectivity index (χ2n) is 6.05. The van der Waals surface area contributed by atoms with E-state index in [9.17, 15) is 9.90 Å². The topological polar surface area (TPSA) is 71.9 Å². The number of methoxy groups -OCH3 is 1. The van der Waals surface area contributed by atoms with Crippen LogP contribution in [0.1, 0.15) is 21.5 Å². The van der Waals surface area contributed by atoms with Crippen LogP contribution in [-0.4, -0.2) is 54.2 Å². The monoisotopic (exact) mass is 354 g/mol. The van der Waals surface area contributed by atoms with Crippen molar-refractivity contribution in [1.82, 2.24) is 9.88 Å². The average Bonchev–Trinajstić information content (AvgIpc) is 2.68. The molecule has 1 aliphatic rings. The number of morpholine rings is 1. The number of phenolic OH excluding ortho intramolecular Hbond substituents is 1. The zero-order valence-electron chi connectivity index (χ0n) is 14.7. The summed E-state index contributed by atoms with van der Waals surface area (Å²) < 4.78 is 10.7. The maximum atomic E-state index is 12.5. The molecule has 1 aliphatic heterocycles. The van der Waals surface area contributed by atoms with Crippen LogP contribution in [0.15, 0.2) is 42.7 Å². The number of rotatable bonds is 6. The summed E-state index contributed by atoms with van der Waals surface area (Å²) in [6, 6.07) is 6.87. The molecule has 6 nitrogen and oxygen atoms in total. The molecule has 0 radical (unpaired) electrons. The van der Waals surface area contributed by atoms with Gasteiger partial charge in [-0.1, -0.05) is 6.07 Å². The molecule has 0 bridgehead atoms. The molecule has 1 aromatic heterocycles. The van der Waals surface area contributed by atoms with Gasteiger partial charge in [-0.2, -0.15) is 0 Å². The molecule has 2 aromatic rings. The lowest BCUT2D eigenvalue weighted by Crippen LogP contribution is -2.35. The molecule has 3 rings (SSSR count). The van der Waals surface area contributed by atoms with Gasteiger partial charge in [0.05, 0.1) is 25.9 Å². The Labute approximate surface area is 152 Å². The van der Waals surface area contributed by atoms with Gasteiger partial charge in [0, 0.05) is 43.7 Å². The number of phenols is 1. The molecule has 0 amide bonds. The number of carbonyl (C=O) groups is 1. The Hall–Kier alpha value is -2.70. The summed E-state index contributed by atoms with van der Waals surface area (Å²) in [5.74, 6) is 0.215. The molecule has 136 valence electrons. The van der Waals surface area contributed by atoms with Gasteiger partial charge in [-0.05, 0) is 29.8 Å². The van der Waals surface area contributed by atoms with Crippen molar-refractivity contribution < 1.29 is 19.4 Å². The highest BCUT2D eigenvalue weighted by molar-refractivity contribution is 6.08. The first-order valence-corrected chi connectivity index (χ1v) is 8.50. The van der Waals surface area contributed by atoms with Crippen molar-refractivity contribution in [3.63, 3.8) is 0 Å². The minimum Gasteiger partial charge on any atom is -0.507 e. The second-order valence-corrected chi connectivity index (χ2v) is 6.05. The fourth-order valence-electron chi connectivity index (χ4n) is 2.86. The van der Waals surface area contributed by atoms with E-state index in [2.05, 4.69) is 9.88 Å². The smallest absolute Gasteiger partial charge is 0.189 e. The zero-order valence-corrected chi connectivity index (χ0v) is 14.7. The van der Waals surface area contributed by atoms with Crippen molar-refractivity contribution in [2.75, 3.05) is 33.4 Å². The van der Waals surface area contributed by atoms with Crippen LogP contribution in [0.25, 0.3) is 6.08 Å². The highest BCUT2D eigenvalue weighted by atomic mass is 16.5. The van der Waals surface area contributed by atoms with E-state index < -0.39 is 0 Å². The number of carbonyl (C=O) groups excluding carboxylic acids is 1. The van der Waals surface area contributed by atoms with Crippen LogP contribution in [0, 0.1) is 0 Å². The lowest BCUT2D eigenvalue weighted by molar-refractivity contribution is 0.0338. The van der Waals surface area contributed by atoms with E-state index in [0.717, 1.165) is 24.2 Å². The number of hydrogen-bond acceptors (Lipinski definition) is 6. The summed E-state index contributed by atoms with van der Waals surface area (Å²) in [6.45, 7) is 3.68. The van der Waals surface area contributed by atoms with Gasteiger partial charge in [-0.15, -0.1) is 0 Å². The van der Waals surface area contributed by atoms with Crippen LogP contribution in [-0.2, 0) is 11.3 Å². The summed E-state index contributed by atoms with van der Waals surface area (Å²) >= 11 is 0. The minimum atomic E-state index is -0.266. The molecule has 6 heteroatoms. The van der Waals surface area contributed by atoms with Gasteiger partial charge < -0.3 is 14.6 Å². The number of aromatic hydroxyl groups is 1. The van der Waals surface area contributed by atoms with Gasteiger partial charge in [0.1, 0.15) is 11.5 Å². The summed E-state index contributed by atoms with van der Waals surface area (Å²) in [5.41, 5.74) is 1.95. The maximum Gasteiger partial charge on any atom is 0.189 e. The summed E-state index contributed by atoms with van der Waals surface area (Å²) in [6.07, 6.45) is 6.46. The summed E-state index contributed by atoms with van der Waals surface area (Å²) in [4.78, 5) is 18.8. The van der Waals surface area contributed by atoms with Crippen molar-refractivity contribution in [2.24, 2.45) is 0 Å². The molecule has 0 aliphatic carbocycles. The van der Waals surface area contributed by atoms with Gasteiger partial charge in [-0.25, -0.2) is 0 Å². The molecule has 1 aromatic carbocycles. The van der Waals surface area contributed by atoms with E-state index in [1.807, 2.05) is 6.07 Å².